The molecule has 4 rings (SSSR count). The molecule has 3 heterocycles. The van der Waals surface area contributed by atoms with Gasteiger partial charge in [0.15, 0.2) is 0 Å². The second-order valence-corrected chi connectivity index (χ2v) is 9.26. The summed E-state index contributed by atoms with van der Waals surface area (Å²) in [6, 6.07) is 7.48. The number of hydrogen-bond donors (Lipinski definition) is 3. The Hall–Kier alpha value is -4.41. The standard InChI is InChI=1S/C26H32N8O3/c1-4-23(35)33-11-7-8-19(15-33)34-14-18(12-29-34)30-26-28-13-20(24(27)36)25(32-26)31-21-9-5-6-10-22(21)37-16-17(2)3/h4-6,9-10,12-14,17,19H,1,7-8,11,15-16H2,2-3H3,(H2,27,36)(H2,28,30,31,32)/t19-/m1/s1. The molecular weight excluding hydrogens is 472 g/mol. The number of rotatable bonds is 10. The molecule has 37 heavy (non-hydrogen) atoms. The lowest BCUT2D eigenvalue weighted by Crippen LogP contribution is -2.39. The van der Waals surface area contributed by atoms with Gasteiger partial charge in [-0.25, -0.2) is 4.98 Å². The summed E-state index contributed by atoms with van der Waals surface area (Å²) >= 11 is 0. The normalized spacial score (nSPS) is 15.3. The molecule has 0 bridgehead atoms. The predicted molar refractivity (Wildman–Crippen MR) is 141 cm³/mol. The summed E-state index contributed by atoms with van der Waals surface area (Å²) in [7, 11) is 0. The second kappa shape index (κ2) is 11.5. The van der Waals surface area contributed by atoms with E-state index in [4.69, 9.17) is 10.5 Å². The number of aromatic nitrogens is 4. The molecule has 194 valence electrons. The van der Waals surface area contributed by atoms with Gasteiger partial charge >= 0.3 is 0 Å². The lowest BCUT2D eigenvalue weighted by molar-refractivity contribution is -0.127. The van der Waals surface area contributed by atoms with Crippen molar-refractivity contribution in [1.82, 2.24) is 24.6 Å². The van der Waals surface area contributed by atoms with Crippen molar-refractivity contribution < 1.29 is 14.3 Å². The number of nitrogens with two attached hydrogens (primary N) is 1. The van der Waals surface area contributed by atoms with Gasteiger partial charge in [-0.15, -0.1) is 0 Å². The zero-order chi connectivity index (χ0) is 26.4. The van der Waals surface area contributed by atoms with Gasteiger partial charge in [0.25, 0.3) is 5.91 Å². The minimum atomic E-state index is -0.654. The molecule has 0 aliphatic carbocycles. The van der Waals surface area contributed by atoms with Crippen LogP contribution < -0.4 is 21.1 Å². The van der Waals surface area contributed by atoms with Crippen molar-refractivity contribution in [2.75, 3.05) is 30.3 Å². The number of nitrogens with one attached hydrogen (secondary N) is 2. The van der Waals surface area contributed by atoms with Crippen molar-refractivity contribution in [2.45, 2.75) is 32.7 Å². The van der Waals surface area contributed by atoms with Gasteiger partial charge in [-0.1, -0.05) is 32.6 Å². The first-order valence-corrected chi connectivity index (χ1v) is 12.2. The van der Waals surface area contributed by atoms with E-state index >= 15 is 0 Å². The molecular formula is C26H32N8O3. The van der Waals surface area contributed by atoms with Gasteiger partial charge < -0.3 is 26.0 Å². The molecule has 1 fully saturated rings. The number of piperidine rings is 1. The smallest absolute Gasteiger partial charge is 0.254 e. The van der Waals surface area contributed by atoms with Crippen LogP contribution in [0.3, 0.4) is 0 Å². The Morgan fingerprint density at radius 2 is 2.08 bits per heavy atom. The molecule has 11 nitrogen and oxygen atoms in total. The van der Waals surface area contributed by atoms with Crippen LogP contribution in [-0.2, 0) is 4.79 Å². The maximum Gasteiger partial charge on any atom is 0.254 e. The maximum absolute atomic E-state index is 12.1. The Bertz CT molecular complexity index is 1270. The number of amides is 2. The molecule has 1 aliphatic heterocycles. The van der Waals surface area contributed by atoms with Crippen LogP contribution >= 0.6 is 0 Å². The van der Waals surface area contributed by atoms with Crippen LogP contribution in [0.1, 0.15) is 43.1 Å². The van der Waals surface area contributed by atoms with Crippen LogP contribution in [0, 0.1) is 5.92 Å². The number of carbonyl (C=O) groups excluding carboxylic acids is 2. The average molecular weight is 505 g/mol. The SMILES string of the molecule is C=CC(=O)N1CCC[C@@H](n2cc(Nc3ncc(C(N)=O)c(Nc4ccccc4OCC(C)C)n3)cn2)C1. The Balaban J connectivity index is 1.52. The van der Waals surface area contributed by atoms with Gasteiger partial charge in [-0.2, -0.15) is 10.1 Å². The number of benzene rings is 1. The maximum atomic E-state index is 12.1. The highest BCUT2D eigenvalue weighted by Crippen LogP contribution is 2.29. The van der Waals surface area contributed by atoms with Gasteiger partial charge in [0.1, 0.15) is 17.1 Å². The number of hydrogen-bond acceptors (Lipinski definition) is 8. The van der Waals surface area contributed by atoms with Crippen molar-refractivity contribution in [1.29, 1.82) is 0 Å². The highest BCUT2D eigenvalue weighted by Gasteiger charge is 2.24. The summed E-state index contributed by atoms with van der Waals surface area (Å²) in [5.74, 6) is 0.776. The molecule has 0 radical (unpaired) electrons. The molecule has 1 atom stereocenters. The second-order valence-electron chi connectivity index (χ2n) is 9.26. The minimum Gasteiger partial charge on any atom is -0.491 e. The first-order chi connectivity index (χ1) is 17.8. The van der Waals surface area contributed by atoms with Gasteiger partial charge in [-0.3, -0.25) is 14.3 Å². The Kier molecular flexibility index (Phi) is 8.02. The number of anilines is 4. The monoisotopic (exact) mass is 504 g/mol. The third-order valence-electron chi connectivity index (χ3n) is 5.88. The van der Waals surface area contributed by atoms with Gasteiger partial charge in [-0.05, 0) is 37.0 Å². The topological polar surface area (TPSA) is 140 Å². The van der Waals surface area contributed by atoms with E-state index in [0.717, 1.165) is 19.4 Å². The van der Waals surface area contributed by atoms with Crippen molar-refractivity contribution in [3.8, 4) is 5.75 Å². The van der Waals surface area contributed by atoms with Crippen LogP contribution in [0.4, 0.5) is 23.1 Å². The summed E-state index contributed by atoms with van der Waals surface area (Å²) in [4.78, 5) is 34.6. The average Bonchev–Trinajstić information content (AvgIpc) is 3.36. The summed E-state index contributed by atoms with van der Waals surface area (Å²) in [6.45, 7) is 9.54. The third-order valence-corrected chi connectivity index (χ3v) is 5.88. The fraction of sp³-hybridized carbons (Fsp3) is 0.346. The van der Waals surface area contributed by atoms with Crippen molar-refractivity contribution in [3.05, 3.63) is 61.1 Å². The van der Waals surface area contributed by atoms with Crippen molar-refractivity contribution in [2.24, 2.45) is 11.7 Å². The number of likely N-dealkylation sites (tertiary alicyclic amines) is 1. The number of ether oxygens (including phenoxy) is 1. The number of primary amides is 1. The third kappa shape index (κ3) is 6.43. The highest BCUT2D eigenvalue weighted by atomic mass is 16.5. The van der Waals surface area contributed by atoms with Crippen molar-refractivity contribution >= 4 is 35.0 Å². The summed E-state index contributed by atoms with van der Waals surface area (Å²) in [5.41, 5.74) is 7.05. The van der Waals surface area contributed by atoms with Gasteiger partial charge in [0.05, 0.1) is 30.2 Å². The molecule has 4 N–H and O–H groups in total. The molecule has 0 saturated carbocycles. The van der Waals surface area contributed by atoms with E-state index in [-0.39, 0.29) is 29.3 Å². The van der Waals surface area contributed by atoms with Crippen LogP contribution in [0.5, 0.6) is 5.75 Å². The zero-order valence-electron chi connectivity index (χ0n) is 21.1. The summed E-state index contributed by atoms with van der Waals surface area (Å²) in [6.07, 6.45) is 8.04. The van der Waals surface area contributed by atoms with Gasteiger partial charge in [0, 0.05) is 25.5 Å². The molecule has 1 saturated heterocycles. The summed E-state index contributed by atoms with van der Waals surface area (Å²) < 4.78 is 7.75. The Morgan fingerprint density at radius 1 is 1.27 bits per heavy atom. The van der Waals surface area contributed by atoms with Gasteiger partial charge in [0.2, 0.25) is 11.9 Å². The molecule has 2 amide bonds. The molecule has 0 spiro atoms. The minimum absolute atomic E-state index is 0.0610. The van der Waals surface area contributed by atoms with E-state index < -0.39 is 5.91 Å². The number of carbonyl (C=O) groups is 2. The first kappa shape index (κ1) is 25.7. The van der Waals surface area contributed by atoms with E-state index in [1.807, 2.05) is 35.1 Å². The van der Waals surface area contributed by atoms with E-state index in [1.165, 1.54) is 12.3 Å². The largest absolute Gasteiger partial charge is 0.491 e. The van der Waals surface area contributed by atoms with Crippen LogP contribution in [0.25, 0.3) is 0 Å². The van der Waals surface area contributed by atoms with Crippen molar-refractivity contribution in [3.63, 3.8) is 0 Å². The molecule has 2 aromatic heterocycles. The summed E-state index contributed by atoms with van der Waals surface area (Å²) in [5, 5.41) is 10.8. The van der Waals surface area contributed by atoms with Crippen LogP contribution in [0.15, 0.2) is 55.5 Å². The fourth-order valence-corrected chi connectivity index (χ4v) is 4.03. The van der Waals surface area contributed by atoms with Crippen LogP contribution in [-0.4, -0.2) is 56.2 Å². The molecule has 1 aromatic carbocycles. The lowest BCUT2D eigenvalue weighted by Gasteiger charge is -2.32. The van der Waals surface area contributed by atoms with E-state index in [2.05, 4.69) is 46.1 Å². The number of nitrogens with zero attached hydrogens (tertiary/aromatic N) is 5. The lowest BCUT2D eigenvalue weighted by atomic mass is 10.1. The predicted octanol–water partition coefficient (Wildman–Crippen LogP) is 3.64. The van der Waals surface area contributed by atoms with E-state index in [1.54, 1.807) is 11.1 Å². The van der Waals surface area contributed by atoms with E-state index in [0.29, 0.717) is 36.2 Å². The first-order valence-electron chi connectivity index (χ1n) is 12.2. The zero-order valence-corrected chi connectivity index (χ0v) is 21.1. The molecule has 1 aliphatic rings. The quantitative estimate of drug-likeness (QED) is 0.356. The molecule has 11 heteroatoms. The van der Waals surface area contributed by atoms with Crippen LogP contribution in [0.2, 0.25) is 0 Å². The Labute approximate surface area is 215 Å². The highest BCUT2D eigenvalue weighted by molar-refractivity contribution is 5.98. The Morgan fingerprint density at radius 3 is 2.84 bits per heavy atom. The van der Waals surface area contributed by atoms with E-state index in [9.17, 15) is 9.59 Å². The fourth-order valence-electron chi connectivity index (χ4n) is 4.03. The number of para-hydroxylation sites is 2. The molecule has 3 aromatic rings. The molecule has 0 unspecified atom stereocenters.